The maximum atomic E-state index is 14.0. The Morgan fingerprint density at radius 3 is 2.62 bits per heavy atom. The number of hydrogen-bond donors (Lipinski definition) is 0. The smallest absolute Gasteiger partial charge is 0.138 e. The van der Waals surface area contributed by atoms with Gasteiger partial charge in [-0.1, -0.05) is 30.3 Å². The molecule has 3 heteroatoms. The van der Waals surface area contributed by atoms with Crippen molar-refractivity contribution in [1.29, 1.82) is 5.26 Å². The van der Waals surface area contributed by atoms with Crippen molar-refractivity contribution in [3.63, 3.8) is 0 Å². The van der Waals surface area contributed by atoms with Gasteiger partial charge in [0.2, 0.25) is 0 Å². The number of hydrogen-bond acceptors (Lipinski definition) is 2. The molecule has 0 radical (unpaired) electrons. The van der Waals surface area contributed by atoms with Crippen LogP contribution in [0.15, 0.2) is 42.7 Å². The highest BCUT2D eigenvalue weighted by Crippen LogP contribution is 2.23. The lowest BCUT2D eigenvalue weighted by Crippen LogP contribution is -1.94. The van der Waals surface area contributed by atoms with E-state index in [2.05, 4.69) is 4.98 Å². The van der Waals surface area contributed by atoms with Gasteiger partial charge >= 0.3 is 0 Å². The fraction of sp³-hybridized carbons (Fsp3) is 0.0769. The third-order valence-electron chi connectivity index (χ3n) is 2.31. The summed E-state index contributed by atoms with van der Waals surface area (Å²) in [7, 11) is 0. The lowest BCUT2D eigenvalue weighted by Gasteiger charge is -2.05. The number of halogens is 1. The molecule has 0 amide bonds. The van der Waals surface area contributed by atoms with E-state index < -0.39 is 0 Å². The van der Waals surface area contributed by atoms with Crippen LogP contribution in [0.2, 0.25) is 0 Å². The van der Waals surface area contributed by atoms with Crippen LogP contribution in [-0.4, -0.2) is 4.98 Å². The predicted octanol–water partition coefficient (Wildman–Crippen LogP) is 2.95. The minimum Gasteiger partial charge on any atom is -0.264 e. The largest absolute Gasteiger partial charge is 0.264 e. The molecule has 1 aromatic heterocycles. The minimum atomic E-state index is -0.359. The molecular formula is C13H9FN2. The van der Waals surface area contributed by atoms with Crippen molar-refractivity contribution in [2.75, 3.05) is 0 Å². The molecule has 0 saturated carbocycles. The Kier molecular flexibility index (Phi) is 2.93. The topological polar surface area (TPSA) is 36.7 Å². The molecule has 78 valence electrons. The Bertz CT molecular complexity index is 529. The molecule has 16 heavy (non-hydrogen) atoms. The summed E-state index contributed by atoms with van der Waals surface area (Å²) >= 11 is 0. The Hall–Kier alpha value is -2.21. The zero-order valence-corrected chi connectivity index (χ0v) is 8.52. The fourth-order valence-corrected chi connectivity index (χ4v) is 1.52. The van der Waals surface area contributed by atoms with Crippen LogP contribution in [0, 0.1) is 17.1 Å². The monoisotopic (exact) mass is 212 g/mol. The van der Waals surface area contributed by atoms with E-state index >= 15 is 0 Å². The average molecular weight is 212 g/mol. The molecule has 0 unspecified atom stereocenters. The Balaban J connectivity index is 2.51. The van der Waals surface area contributed by atoms with Crippen LogP contribution in [0.5, 0.6) is 0 Å². The maximum Gasteiger partial charge on any atom is 0.138 e. The van der Waals surface area contributed by atoms with E-state index in [0.29, 0.717) is 11.1 Å². The molecule has 0 aliphatic heterocycles. The Morgan fingerprint density at radius 2 is 1.94 bits per heavy atom. The van der Waals surface area contributed by atoms with Gasteiger partial charge in [0.15, 0.2) is 0 Å². The Morgan fingerprint density at radius 1 is 1.19 bits per heavy atom. The van der Waals surface area contributed by atoms with Crippen LogP contribution in [0.25, 0.3) is 11.1 Å². The SMILES string of the molecule is N#CCc1cncc(-c2ccccc2)c1F. The van der Waals surface area contributed by atoms with Gasteiger partial charge in [-0.25, -0.2) is 4.39 Å². The van der Waals surface area contributed by atoms with E-state index in [9.17, 15) is 4.39 Å². The Labute approximate surface area is 93.0 Å². The van der Waals surface area contributed by atoms with Crippen LogP contribution in [0.3, 0.4) is 0 Å². The molecule has 0 atom stereocenters. The van der Waals surface area contributed by atoms with E-state index in [1.54, 1.807) is 0 Å². The summed E-state index contributed by atoms with van der Waals surface area (Å²) < 4.78 is 14.0. The molecule has 1 heterocycles. The molecule has 0 fully saturated rings. The lowest BCUT2D eigenvalue weighted by molar-refractivity contribution is 0.616. The van der Waals surface area contributed by atoms with E-state index in [1.807, 2.05) is 36.4 Å². The van der Waals surface area contributed by atoms with Gasteiger partial charge in [-0.05, 0) is 5.56 Å². The van der Waals surface area contributed by atoms with Gasteiger partial charge in [0.1, 0.15) is 5.82 Å². The number of nitrogens with zero attached hydrogens (tertiary/aromatic N) is 2. The number of benzene rings is 1. The molecule has 0 saturated heterocycles. The van der Waals surface area contributed by atoms with Gasteiger partial charge in [-0.3, -0.25) is 4.98 Å². The second-order valence-corrected chi connectivity index (χ2v) is 3.36. The van der Waals surface area contributed by atoms with Crippen LogP contribution < -0.4 is 0 Å². The van der Waals surface area contributed by atoms with Gasteiger partial charge < -0.3 is 0 Å². The summed E-state index contributed by atoms with van der Waals surface area (Å²) in [5.41, 5.74) is 1.55. The van der Waals surface area contributed by atoms with Crippen LogP contribution >= 0.6 is 0 Å². The normalized spacial score (nSPS) is 9.75. The van der Waals surface area contributed by atoms with Crippen molar-refractivity contribution in [2.45, 2.75) is 6.42 Å². The predicted molar refractivity (Wildman–Crippen MR) is 58.9 cm³/mol. The summed E-state index contributed by atoms with van der Waals surface area (Å²) in [6, 6.07) is 11.1. The highest BCUT2D eigenvalue weighted by molar-refractivity contribution is 5.63. The van der Waals surface area contributed by atoms with E-state index in [4.69, 9.17) is 5.26 Å². The first-order chi connectivity index (χ1) is 7.83. The van der Waals surface area contributed by atoms with Crippen molar-refractivity contribution < 1.29 is 4.39 Å². The standard InChI is InChI=1S/C13H9FN2/c14-13-11(6-7-15)8-16-9-12(13)10-4-2-1-3-5-10/h1-5,8-9H,6H2. The maximum absolute atomic E-state index is 14.0. The zero-order chi connectivity index (χ0) is 11.4. The van der Waals surface area contributed by atoms with E-state index in [1.165, 1.54) is 12.4 Å². The molecule has 2 nitrogen and oxygen atoms in total. The van der Waals surface area contributed by atoms with Crippen molar-refractivity contribution in [3.05, 3.63) is 54.1 Å². The van der Waals surface area contributed by atoms with Gasteiger partial charge in [-0.15, -0.1) is 0 Å². The van der Waals surface area contributed by atoms with Gasteiger partial charge in [0.25, 0.3) is 0 Å². The molecule has 1 aromatic carbocycles. The number of pyridine rings is 1. The molecular weight excluding hydrogens is 203 g/mol. The van der Waals surface area contributed by atoms with Crippen LogP contribution in [0.1, 0.15) is 5.56 Å². The fourth-order valence-electron chi connectivity index (χ4n) is 1.52. The lowest BCUT2D eigenvalue weighted by atomic mass is 10.0. The molecule has 0 spiro atoms. The first-order valence-corrected chi connectivity index (χ1v) is 4.87. The molecule has 0 bridgehead atoms. The summed E-state index contributed by atoms with van der Waals surface area (Å²) in [5, 5.41) is 8.56. The van der Waals surface area contributed by atoms with Crippen molar-refractivity contribution >= 4 is 0 Å². The molecule has 0 aliphatic rings. The number of rotatable bonds is 2. The van der Waals surface area contributed by atoms with Gasteiger partial charge in [0.05, 0.1) is 12.5 Å². The first kappa shape index (κ1) is 10.3. The number of aromatic nitrogens is 1. The third kappa shape index (κ3) is 1.91. The first-order valence-electron chi connectivity index (χ1n) is 4.87. The van der Waals surface area contributed by atoms with Gasteiger partial charge in [-0.2, -0.15) is 5.26 Å². The summed E-state index contributed by atoms with van der Waals surface area (Å²) in [6.07, 6.45) is 2.91. The minimum absolute atomic E-state index is 0.0412. The summed E-state index contributed by atoms with van der Waals surface area (Å²) in [6.45, 7) is 0. The quantitative estimate of drug-likeness (QED) is 0.767. The summed E-state index contributed by atoms with van der Waals surface area (Å²) in [4.78, 5) is 3.95. The molecule has 0 N–H and O–H groups in total. The number of nitriles is 1. The third-order valence-corrected chi connectivity index (χ3v) is 2.31. The average Bonchev–Trinajstić information content (AvgIpc) is 2.33. The van der Waals surface area contributed by atoms with Crippen molar-refractivity contribution in [3.8, 4) is 17.2 Å². The van der Waals surface area contributed by atoms with E-state index in [-0.39, 0.29) is 12.2 Å². The van der Waals surface area contributed by atoms with Crippen LogP contribution in [-0.2, 0) is 6.42 Å². The highest BCUT2D eigenvalue weighted by Gasteiger charge is 2.09. The second kappa shape index (κ2) is 4.54. The van der Waals surface area contributed by atoms with Crippen molar-refractivity contribution in [2.24, 2.45) is 0 Å². The van der Waals surface area contributed by atoms with Gasteiger partial charge in [0, 0.05) is 23.5 Å². The van der Waals surface area contributed by atoms with Crippen molar-refractivity contribution in [1.82, 2.24) is 4.98 Å². The summed E-state index contributed by atoms with van der Waals surface area (Å²) in [5.74, 6) is -0.359. The second-order valence-electron chi connectivity index (χ2n) is 3.36. The molecule has 0 aliphatic carbocycles. The molecule has 2 aromatic rings. The van der Waals surface area contributed by atoms with Crippen LogP contribution in [0.4, 0.5) is 4.39 Å². The zero-order valence-electron chi connectivity index (χ0n) is 8.52. The van der Waals surface area contributed by atoms with E-state index in [0.717, 1.165) is 5.56 Å². The molecule has 2 rings (SSSR count). The highest BCUT2D eigenvalue weighted by atomic mass is 19.1.